The van der Waals surface area contributed by atoms with Crippen molar-refractivity contribution < 1.29 is 4.79 Å². The molecule has 2 amide bonds. The first kappa shape index (κ1) is 12.7. The average Bonchev–Trinajstić information content (AvgIpc) is 2.28. The van der Waals surface area contributed by atoms with Crippen LogP contribution in [-0.2, 0) is 0 Å². The Morgan fingerprint density at radius 2 is 2.29 bits per heavy atom. The maximum absolute atomic E-state index is 11.7. The third-order valence-corrected chi connectivity index (χ3v) is 4.09. The van der Waals surface area contributed by atoms with E-state index in [1.807, 2.05) is 0 Å². The van der Waals surface area contributed by atoms with E-state index in [1.165, 1.54) is 19.3 Å². The van der Waals surface area contributed by atoms with E-state index in [0.717, 1.165) is 38.8 Å². The molecule has 98 valence electrons. The molecule has 0 aromatic heterocycles. The molecule has 4 nitrogen and oxygen atoms in total. The number of carbonyl (C=O) groups is 1. The van der Waals surface area contributed by atoms with Gasteiger partial charge < -0.3 is 16.0 Å². The van der Waals surface area contributed by atoms with Gasteiger partial charge in [-0.05, 0) is 45.1 Å². The summed E-state index contributed by atoms with van der Waals surface area (Å²) in [5.41, 5.74) is 0.361. The lowest BCUT2D eigenvalue weighted by Gasteiger charge is -2.48. The smallest absolute Gasteiger partial charge is 0.315 e. The van der Waals surface area contributed by atoms with E-state index in [2.05, 4.69) is 22.9 Å². The van der Waals surface area contributed by atoms with Crippen LogP contribution in [0.25, 0.3) is 0 Å². The van der Waals surface area contributed by atoms with Gasteiger partial charge in [0, 0.05) is 18.1 Å². The van der Waals surface area contributed by atoms with E-state index in [0.29, 0.717) is 11.6 Å². The van der Waals surface area contributed by atoms with E-state index >= 15 is 0 Å². The maximum Gasteiger partial charge on any atom is 0.315 e. The van der Waals surface area contributed by atoms with Gasteiger partial charge in [0.15, 0.2) is 0 Å². The van der Waals surface area contributed by atoms with Gasteiger partial charge in [0.2, 0.25) is 0 Å². The van der Waals surface area contributed by atoms with Gasteiger partial charge in [0.1, 0.15) is 0 Å². The Morgan fingerprint density at radius 1 is 1.47 bits per heavy atom. The highest BCUT2D eigenvalue weighted by atomic mass is 16.2. The lowest BCUT2D eigenvalue weighted by molar-refractivity contribution is 0.121. The first-order valence-corrected chi connectivity index (χ1v) is 7.03. The standard InChI is InChI=1S/C13H25N3O/c1-2-3-8-14-12(17)16-11-5-9-15-13(10-11)6-4-7-13/h11,15H,2-10H2,1H3,(H2,14,16,17). The third-order valence-electron chi connectivity index (χ3n) is 4.09. The lowest BCUT2D eigenvalue weighted by atomic mass is 9.70. The average molecular weight is 239 g/mol. The molecular formula is C13H25N3O. The van der Waals surface area contributed by atoms with Gasteiger partial charge in [0.25, 0.3) is 0 Å². The van der Waals surface area contributed by atoms with Crippen molar-refractivity contribution in [1.29, 1.82) is 0 Å². The first-order chi connectivity index (χ1) is 8.24. The van der Waals surface area contributed by atoms with Crippen LogP contribution in [0.4, 0.5) is 4.79 Å². The monoisotopic (exact) mass is 239 g/mol. The summed E-state index contributed by atoms with van der Waals surface area (Å²) < 4.78 is 0. The molecule has 1 saturated heterocycles. The van der Waals surface area contributed by atoms with Crippen molar-refractivity contribution in [3.05, 3.63) is 0 Å². The predicted molar refractivity (Wildman–Crippen MR) is 69.0 cm³/mol. The zero-order valence-electron chi connectivity index (χ0n) is 10.8. The minimum atomic E-state index is 0.0137. The SMILES string of the molecule is CCCCNC(=O)NC1CCNC2(CCC2)C1. The normalized spacial score (nSPS) is 26.3. The number of urea groups is 1. The zero-order valence-corrected chi connectivity index (χ0v) is 10.8. The van der Waals surface area contributed by atoms with Gasteiger partial charge in [-0.15, -0.1) is 0 Å². The highest BCUT2D eigenvalue weighted by Gasteiger charge is 2.41. The summed E-state index contributed by atoms with van der Waals surface area (Å²) in [7, 11) is 0. The maximum atomic E-state index is 11.7. The Kier molecular flexibility index (Phi) is 4.26. The lowest BCUT2D eigenvalue weighted by Crippen LogP contribution is -2.60. The molecule has 1 unspecified atom stereocenters. The third kappa shape index (κ3) is 3.35. The van der Waals surface area contributed by atoms with Crippen LogP contribution in [0.3, 0.4) is 0 Å². The molecule has 17 heavy (non-hydrogen) atoms. The Morgan fingerprint density at radius 3 is 2.94 bits per heavy atom. The van der Waals surface area contributed by atoms with Gasteiger partial charge in [-0.3, -0.25) is 0 Å². The topological polar surface area (TPSA) is 53.2 Å². The number of piperidine rings is 1. The van der Waals surface area contributed by atoms with Crippen LogP contribution in [-0.4, -0.2) is 30.7 Å². The number of rotatable bonds is 4. The van der Waals surface area contributed by atoms with Crippen molar-refractivity contribution in [2.24, 2.45) is 0 Å². The molecule has 0 aromatic carbocycles. The second kappa shape index (κ2) is 5.71. The molecule has 1 aliphatic carbocycles. The summed E-state index contributed by atoms with van der Waals surface area (Å²) in [6.45, 7) is 3.96. The Bertz CT molecular complexity index is 263. The quantitative estimate of drug-likeness (QED) is 0.655. The summed E-state index contributed by atoms with van der Waals surface area (Å²) in [6, 6.07) is 0.373. The largest absolute Gasteiger partial charge is 0.338 e. The number of carbonyl (C=O) groups excluding carboxylic acids is 1. The summed E-state index contributed by atoms with van der Waals surface area (Å²) in [6.07, 6.45) is 8.24. The zero-order chi connectivity index (χ0) is 12.1. The first-order valence-electron chi connectivity index (χ1n) is 7.03. The van der Waals surface area contributed by atoms with Crippen molar-refractivity contribution >= 4 is 6.03 Å². The Balaban J connectivity index is 1.69. The van der Waals surface area contributed by atoms with Crippen molar-refractivity contribution in [1.82, 2.24) is 16.0 Å². The summed E-state index contributed by atoms with van der Waals surface area (Å²) in [4.78, 5) is 11.7. The molecule has 0 bridgehead atoms. The highest BCUT2D eigenvalue weighted by molar-refractivity contribution is 5.74. The van der Waals surface area contributed by atoms with Gasteiger partial charge >= 0.3 is 6.03 Å². The highest BCUT2D eigenvalue weighted by Crippen LogP contribution is 2.38. The molecule has 1 heterocycles. The number of amides is 2. The molecule has 1 spiro atoms. The van der Waals surface area contributed by atoms with Gasteiger partial charge in [-0.2, -0.15) is 0 Å². The molecule has 0 radical (unpaired) electrons. The molecule has 1 saturated carbocycles. The molecule has 3 N–H and O–H groups in total. The summed E-state index contributed by atoms with van der Waals surface area (Å²) >= 11 is 0. The molecule has 4 heteroatoms. The number of nitrogens with one attached hydrogen (secondary N) is 3. The number of hydrogen-bond acceptors (Lipinski definition) is 2. The fraction of sp³-hybridized carbons (Fsp3) is 0.923. The van der Waals surface area contributed by atoms with Crippen molar-refractivity contribution in [3.63, 3.8) is 0 Å². The molecule has 1 atom stereocenters. The van der Waals surface area contributed by atoms with Crippen LogP contribution in [0, 0.1) is 0 Å². The number of hydrogen-bond donors (Lipinski definition) is 3. The molecule has 2 aliphatic rings. The van der Waals surface area contributed by atoms with Crippen LogP contribution in [0.1, 0.15) is 51.9 Å². The van der Waals surface area contributed by atoms with Crippen LogP contribution in [0.2, 0.25) is 0 Å². The second-order valence-corrected chi connectivity index (χ2v) is 5.50. The molecule has 1 aliphatic heterocycles. The predicted octanol–water partition coefficient (Wildman–Crippen LogP) is 1.76. The fourth-order valence-electron chi connectivity index (χ4n) is 2.88. The van der Waals surface area contributed by atoms with Crippen LogP contribution >= 0.6 is 0 Å². The van der Waals surface area contributed by atoms with Crippen molar-refractivity contribution in [2.45, 2.75) is 63.5 Å². The Hall–Kier alpha value is -0.770. The minimum Gasteiger partial charge on any atom is -0.338 e. The van der Waals surface area contributed by atoms with Crippen LogP contribution < -0.4 is 16.0 Å². The second-order valence-electron chi connectivity index (χ2n) is 5.50. The van der Waals surface area contributed by atoms with Crippen molar-refractivity contribution in [2.75, 3.05) is 13.1 Å². The van der Waals surface area contributed by atoms with E-state index < -0.39 is 0 Å². The van der Waals surface area contributed by atoms with E-state index in [-0.39, 0.29) is 6.03 Å². The van der Waals surface area contributed by atoms with E-state index in [9.17, 15) is 4.79 Å². The summed E-state index contributed by atoms with van der Waals surface area (Å²) in [5, 5.41) is 9.65. The van der Waals surface area contributed by atoms with Crippen molar-refractivity contribution in [3.8, 4) is 0 Å². The molecule has 2 fully saturated rings. The minimum absolute atomic E-state index is 0.0137. The van der Waals surface area contributed by atoms with Gasteiger partial charge in [0.05, 0.1) is 0 Å². The van der Waals surface area contributed by atoms with Gasteiger partial charge in [-0.1, -0.05) is 13.3 Å². The van der Waals surface area contributed by atoms with Crippen LogP contribution in [0.15, 0.2) is 0 Å². The molecular weight excluding hydrogens is 214 g/mol. The van der Waals surface area contributed by atoms with Gasteiger partial charge in [-0.25, -0.2) is 4.79 Å². The number of unbranched alkanes of at least 4 members (excludes halogenated alkanes) is 1. The van der Waals surface area contributed by atoms with E-state index in [4.69, 9.17) is 0 Å². The molecule has 2 rings (SSSR count). The van der Waals surface area contributed by atoms with E-state index in [1.54, 1.807) is 0 Å². The Labute approximate surface area is 104 Å². The summed E-state index contributed by atoms with van der Waals surface area (Å²) in [5.74, 6) is 0. The molecule has 0 aromatic rings. The fourth-order valence-corrected chi connectivity index (χ4v) is 2.88. The van der Waals surface area contributed by atoms with Crippen LogP contribution in [0.5, 0.6) is 0 Å².